The van der Waals surface area contributed by atoms with Crippen LogP contribution >= 0.6 is 0 Å². The van der Waals surface area contributed by atoms with E-state index in [-0.39, 0.29) is 5.91 Å². The van der Waals surface area contributed by atoms with Crippen LogP contribution < -0.4 is 10.6 Å². The molecule has 3 rings (SSSR count). The van der Waals surface area contributed by atoms with Gasteiger partial charge in [0.1, 0.15) is 0 Å². The monoisotopic (exact) mass is 264 g/mol. The van der Waals surface area contributed by atoms with Gasteiger partial charge in [0.25, 0.3) is 11.7 Å². The Morgan fingerprint density at radius 1 is 1.42 bits per heavy atom. The minimum atomic E-state index is -1.39. The van der Waals surface area contributed by atoms with Crippen molar-refractivity contribution in [3.8, 4) is 0 Å². The molecule has 100 valence electrons. The largest absolute Gasteiger partial charge is 0.453 e. The van der Waals surface area contributed by atoms with Gasteiger partial charge >= 0.3 is 6.09 Å². The second-order valence-corrected chi connectivity index (χ2v) is 4.11. The van der Waals surface area contributed by atoms with Crippen LogP contribution in [0, 0.1) is 0 Å². The summed E-state index contributed by atoms with van der Waals surface area (Å²) in [6, 6.07) is 5.09. The van der Waals surface area contributed by atoms with Crippen molar-refractivity contribution in [2.75, 3.05) is 31.0 Å². The summed E-state index contributed by atoms with van der Waals surface area (Å²) in [5.74, 6) is -1.78. The van der Waals surface area contributed by atoms with Gasteiger partial charge in [-0.3, -0.25) is 10.1 Å². The van der Waals surface area contributed by atoms with E-state index in [9.17, 15) is 9.59 Å². The van der Waals surface area contributed by atoms with Gasteiger partial charge < -0.3 is 19.5 Å². The molecule has 1 spiro atoms. The Hall–Kier alpha value is -2.12. The van der Waals surface area contributed by atoms with E-state index in [0.29, 0.717) is 30.2 Å². The highest BCUT2D eigenvalue weighted by Gasteiger charge is 2.53. The van der Waals surface area contributed by atoms with E-state index in [2.05, 4.69) is 15.4 Å². The molecule has 0 saturated carbocycles. The van der Waals surface area contributed by atoms with Crippen molar-refractivity contribution in [1.82, 2.24) is 0 Å². The second kappa shape index (κ2) is 4.22. The Labute approximate surface area is 108 Å². The topological polar surface area (TPSA) is 85.9 Å². The normalized spacial score (nSPS) is 19.1. The Balaban J connectivity index is 2.03. The Morgan fingerprint density at radius 3 is 2.84 bits per heavy atom. The minimum absolute atomic E-state index is 0.349. The first-order valence-electron chi connectivity index (χ1n) is 5.75. The number of carbonyl (C=O) groups excluding carboxylic acids is 2. The molecule has 0 bridgehead atoms. The first-order chi connectivity index (χ1) is 9.17. The van der Waals surface area contributed by atoms with E-state index < -0.39 is 11.9 Å². The van der Waals surface area contributed by atoms with Crippen LogP contribution in [0.15, 0.2) is 18.2 Å². The summed E-state index contributed by atoms with van der Waals surface area (Å²) < 4.78 is 15.4. The lowest BCUT2D eigenvalue weighted by Crippen LogP contribution is -2.35. The third-order valence-corrected chi connectivity index (χ3v) is 3.07. The van der Waals surface area contributed by atoms with Crippen molar-refractivity contribution in [2.45, 2.75) is 5.79 Å². The zero-order valence-corrected chi connectivity index (χ0v) is 10.2. The molecule has 1 aromatic carbocycles. The molecule has 19 heavy (non-hydrogen) atoms. The predicted octanol–water partition coefficient (Wildman–Crippen LogP) is 1.02. The van der Waals surface area contributed by atoms with Crippen molar-refractivity contribution < 1.29 is 23.8 Å². The number of amides is 2. The molecular weight excluding hydrogens is 252 g/mol. The number of methoxy groups -OCH3 is 1. The summed E-state index contributed by atoms with van der Waals surface area (Å²) in [5, 5.41) is 5.20. The first-order valence-corrected chi connectivity index (χ1v) is 5.75. The smallest absolute Gasteiger partial charge is 0.411 e. The standard InChI is InChI=1S/C12H12N2O5/c1-17-11(16)13-8-4-2-3-7-9(8)14-10(15)12(7)18-5-6-19-12/h2-4H,5-6H2,1H3,(H,13,16)(H,14,15). The van der Waals surface area contributed by atoms with Crippen LogP contribution in [0.1, 0.15) is 5.56 Å². The van der Waals surface area contributed by atoms with Crippen molar-refractivity contribution in [1.29, 1.82) is 0 Å². The number of hydrogen-bond donors (Lipinski definition) is 2. The van der Waals surface area contributed by atoms with Gasteiger partial charge in [-0.25, -0.2) is 4.79 Å². The van der Waals surface area contributed by atoms with E-state index in [1.54, 1.807) is 18.2 Å². The fourth-order valence-corrected chi connectivity index (χ4v) is 2.24. The van der Waals surface area contributed by atoms with Crippen molar-refractivity contribution in [3.63, 3.8) is 0 Å². The quantitative estimate of drug-likeness (QED) is 0.790. The van der Waals surface area contributed by atoms with E-state index in [1.165, 1.54) is 7.11 Å². The van der Waals surface area contributed by atoms with Crippen molar-refractivity contribution in [3.05, 3.63) is 23.8 Å². The van der Waals surface area contributed by atoms with E-state index in [4.69, 9.17) is 9.47 Å². The van der Waals surface area contributed by atoms with Gasteiger partial charge in [0.15, 0.2) is 0 Å². The maximum atomic E-state index is 12.1. The van der Waals surface area contributed by atoms with Gasteiger partial charge in [-0.1, -0.05) is 12.1 Å². The average Bonchev–Trinajstić information content (AvgIpc) is 3.00. The molecule has 0 atom stereocenters. The van der Waals surface area contributed by atoms with Crippen molar-refractivity contribution in [2.24, 2.45) is 0 Å². The second-order valence-electron chi connectivity index (χ2n) is 4.11. The summed E-state index contributed by atoms with van der Waals surface area (Å²) in [4.78, 5) is 23.3. The maximum Gasteiger partial charge on any atom is 0.411 e. The summed E-state index contributed by atoms with van der Waals surface area (Å²) in [6.45, 7) is 0.697. The summed E-state index contributed by atoms with van der Waals surface area (Å²) >= 11 is 0. The number of anilines is 2. The van der Waals surface area contributed by atoms with Crippen LogP contribution in [0.3, 0.4) is 0 Å². The molecule has 7 heteroatoms. The zero-order valence-electron chi connectivity index (χ0n) is 10.2. The highest BCUT2D eigenvalue weighted by Crippen LogP contribution is 2.45. The van der Waals surface area contributed by atoms with Gasteiger partial charge in [-0.2, -0.15) is 0 Å². The minimum Gasteiger partial charge on any atom is -0.453 e. The van der Waals surface area contributed by atoms with Crippen LogP contribution in [0.2, 0.25) is 0 Å². The molecule has 2 aliphatic rings. The lowest BCUT2D eigenvalue weighted by atomic mass is 10.1. The molecule has 2 aliphatic heterocycles. The van der Waals surface area contributed by atoms with E-state index >= 15 is 0 Å². The van der Waals surface area contributed by atoms with Gasteiger partial charge in [0.2, 0.25) is 0 Å². The van der Waals surface area contributed by atoms with Gasteiger partial charge in [0.05, 0.1) is 31.7 Å². The molecule has 2 heterocycles. The fraction of sp³-hybridized carbons (Fsp3) is 0.333. The third-order valence-electron chi connectivity index (χ3n) is 3.07. The Kier molecular flexibility index (Phi) is 2.65. The van der Waals surface area contributed by atoms with Crippen LogP contribution in [0.4, 0.5) is 16.2 Å². The van der Waals surface area contributed by atoms with E-state index in [0.717, 1.165) is 0 Å². The molecule has 0 aliphatic carbocycles. The van der Waals surface area contributed by atoms with Crippen LogP contribution in [0.25, 0.3) is 0 Å². The average molecular weight is 264 g/mol. The number of benzene rings is 1. The molecule has 1 saturated heterocycles. The van der Waals surface area contributed by atoms with Crippen LogP contribution in [0.5, 0.6) is 0 Å². The van der Waals surface area contributed by atoms with Crippen molar-refractivity contribution >= 4 is 23.4 Å². The Bertz CT molecular complexity index is 551. The lowest BCUT2D eigenvalue weighted by Gasteiger charge is -2.19. The molecule has 0 unspecified atom stereocenters. The molecule has 2 N–H and O–H groups in total. The van der Waals surface area contributed by atoms with Gasteiger partial charge in [0, 0.05) is 5.56 Å². The molecule has 0 radical (unpaired) electrons. The first kappa shape index (κ1) is 11.9. The van der Waals surface area contributed by atoms with Crippen LogP contribution in [-0.4, -0.2) is 32.3 Å². The SMILES string of the molecule is COC(=O)Nc1cccc2c1NC(=O)C21OCCO1. The molecule has 1 fully saturated rings. The summed E-state index contributed by atoms with van der Waals surface area (Å²) in [7, 11) is 1.27. The molecule has 1 aromatic rings. The molecule has 0 aromatic heterocycles. The number of ether oxygens (including phenoxy) is 3. The number of fused-ring (bicyclic) bond motifs is 2. The van der Waals surface area contributed by atoms with Gasteiger partial charge in [-0.05, 0) is 6.07 Å². The predicted molar refractivity (Wildman–Crippen MR) is 64.7 cm³/mol. The molecular formula is C12H12N2O5. The van der Waals surface area contributed by atoms with Crippen LogP contribution in [-0.2, 0) is 24.8 Å². The number of hydrogen-bond acceptors (Lipinski definition) is 5. The molecule has 7 nitrogen and oxygen atoms in total. The van der Waals surface area contributed by atoms with E-state index in [1.807, 2.05) is 0 Å². The number of para-hydroxylation sites is 1. The summed E-state index contributed by atoms with van der Waals surface area (Å²) in [5.41, 5.74) is 1.47. The van der Waals surface area contributed by atoms with Gasteiger partial charge in [-0.15, -0.1) is 0 Å². The Morgan fingerprint density at radius 2 is 2.16 bits per heavy atom. The third kappa shape index (κ3) is 1.66. The highest BCUT2D eigenvalue weighted by atomic mass is 16.7. The lowest BCUT2D eigenvalue weighted by molar-refractivity contribution is -0.178. The zero-order chi connectivity index (χ0) is 13.5. The fourth-order valence-electron chi connectivity index (χ4n) is 2.24. The number of rotatable bonds is 1. The number of carbonyl (C=O) groups is 2. The highest BCUT2D eigenvalue weighted by molar-refractivity contribution is 6.08. The number of nitrogens with one attached hydrogen (secondary N) is 2. The molecule has 2 amide bonds. The maximum absolute atomic E-state index is 12.1. The summed E-state index contributed by atoms with van der Waals surface area (Å²) in [6.07, 6.45) is -0.614.